The van der Waals surface area contributed by atoms with Crippen molar-refractivity contribution in [1.82, 2.24) is 19.9 Å². The first-order valence-corrected chi connectivity index (χ1v) is 11.4. The van der Waals surface area contributed by atoms with Crippen molar-refractivity contribution in [3.8, 4) is 0 Å². The van der Waals surface area contributed by atoms with Gasteiger partial charge in [-0.2, -0.15) is 4.31 Å². The molecule has 8 nitrogen and oxygen atoms in total. The Hall–Kier alpha value is -1.65. The smallest absolute Gasteiger partial charge is 0.321 e. The fraction of sp³-hybridized carbons (Fsp3) is 0.588. The minimum atomic E-state index is -3.51. The van der Waals surface area contributed by atoms with Crippen LogP contribution in [0.5, 0.6) is 0 Å². The Morgan fingerprint density at radius 2 is 1.93 bits per heavy atom. The van der Waals surface area contributed by atoms with E-state index in [1.807, 2.05) is 13.8 Å². The molecule has 1 aromatic heterocycles. The average molecular weight is 415 g/mol. The molecule has 2 heterocycles. The van der Waals surface area contributed by atoms with Gasteiger partial charge < -0.3 is 5.32 Å². The van der Waals surface area contributed by atoms with E-state index >= 15 is 0 Å². The van der Waals surface area contributed by atoms with E-state index in [2.05, 4.69) is 15.6 Å². The third kappa shape index (κ3) is 6.78. The molecule has 3 amide bonds. The summed E-state index contributed by atoms with van der Waals surface area (Å²) in [6.45, 7) is 5.48. The molecular formula is C17H26N4O4S2. The van der Waals surface area contributed by atoms with Crippen molar-refractivity contribution in [2.45, 2.75) is 43.0 Å². The fourth-order valence-corrected chi connectivity index (χ4v) is 4.61. The number of pyridine rings is 1. The second-order valence-electron chi connectivity index (χ2n) is 6.74. The molecule has 0 unspecified atom stereocenters. The van der Waals surface area contributed by atoms with Crippen LogP contribution in [0.2, 0.25) is 0 Å². The van der Waals surface area contributed by atoms with Crippen LogP contribution in [0.4, 0.5) is 4.79 Å². The van der Waals surface area contributed by atoms with E-state index < -0.39 is 22.0 Å². The molecule has 150 valence electrons. The van der Waals surface area contributed by atoms with Crippen LogP contribution < -0.4 is 10.6 Å². The Bertz CT molecular complexity index is 745. The van der Waals surface area contributed by atoms with Crippen LogP contribution in [-0.2, 0) is 14.8 Å². The van der Waals surface area contributed by atoms with Gasteiger partial charge in [0.1, 0.15) is 4.90 Å². The molecule has 2 N–H and O–H groups in total. The number of carbonyl (C=O) groups is 2. The van der Waals surface area contributed by atoms with Crippen LogP contribution >= 0.6 is 11.8 Å². The third-order valence-corrected chi connectivity index (χ3v) is 6.76. The molecule has 1 aliphatic heterocycles. The van der Waals surface area contributed by atoms with Gasteiger partial charge in [0.25, 0.3) is 0 Å². The Balaban J connectivity index is 1.84. The largest absolute Gasteiger partial charge is 0.338 e. The summed E-state index contributed by atoms with van der Waals surface area (Å²) < 4.78 is 26.6. The van der Waals surface area contributed by atoms with Gasteiger partial charge in [0.2, 0.25) is 15.9 Å². The monoisotopic (exact) mass is 414 g/mol. The normalized spacial score (nSPS) is 15.5. The number of urea groups is 1. The number of amides is 3. The predicted octanol–water partition coefficient (Wildman–Crippen LogP) is 1.83. The molecule has 0 aromatic carbocycles. The number of piperidine rings is 1. The molecule has 0 bridgehead atoms. The first kappa shape index (κ1) is 21.6. The molecule has 1 saturated heterocycles. The van der Waals surface area contributed by atoms with Gasteiger partial charge in [-0.1, -0.05) is 32.0 Å². The molecule has 10 heteroatoms. The fourth-order valence-electron chi connectivity index (χ4n) is 2.50. The molecule has 1 fully saturated rings. The number of thioether (sulfide) groups is 1. The van der Waals surface area contributed by atoms with Gasteiger partial charge in [0.05, 0.1) is 10.8 Å². The number of sulfonamides is 1. The van der Waals surface area contributed by atoms with Crippen molar-refractivity contribution >= 4 is 33.7 Å². The van der Waals surface area contributed by atoms with Crippen molar-refractivity contribution in [2.75, 3.05) is 25.4 Å². The highest BCUT2D eigenvalue weighted by molar-refractivity contribution is 7.99. The molecule has 0 atom stereocenters. The van der Waals surface area contributed by atoms with Gasteiger partial charge in [-0.05, 0) is 30.9 Å². The molecule has 2 rings (SSSR count). The number of hydrogen-bond donors (Lipinski definition) is 2. The maximum absolute atomic E-state index is 12.6. The summed E-state index contributed by atoms with van der Waals surface area (Å²) in [5.41, 5.74) is 0. The second-order valence-corrected chi connectivity index (χ2v) is 9.67. The standard InChI is InChI=1S/C17H26N4O4S2/c1-13(2)10-19-17(23)20-15(22)12-26-16-7-6-14(11-18-16)27(24,25)21-8-4-3-5-9-21/h6-7,11,13H,3-5,8-10,12H2,1-2H3,(H2,19,20,22,23). The number of carbonyl (C=O) groups excluding carboxylic acids is 2. The van der Waals surface area contributed by atoms with Crippen LogP contribution in [0.15, 0.2) is 28.3 Å². The summed E-state index contributed by atoms with van der Waals surface area (Å²) in [5, 5.41) is 5.36. The van der Waals surface area contributed by atoms with Gasteiger partial charge in [-0.25, -0.2) is 18.2 Å². The lowest BCUT2D eigenvalue weighted by Gasteiger charge is -2.25. The number of nitrogens with one attached hydrogen (secondary N) is 2. The summed E-state index contributed by atoms with van der Waals surface area (Å²) in [5.74, 6) is -0.127. The van der Waals surface area contributed by atoms with Crippen molar-refractivity contribution < 1.29 is 18.0 Å². The van der Waals surface area contributed by atoms with E-state index in [9.17, 15) is 18.0 Å². The Morgan fingerprint density at radius 1 is 1.22 bits per heavy atom. The molecular weight excluding hydrogens is 388 g/mol. The summed E-state index contributed by atoms with van der Waals surface area (Å²) in [6.07, 6.45) is 4.12. The number of aromatic nitrogens is 1. The van der Waals surface area contributed by atoms with Gasteiger partial charge >= 0.3 is 6.03 Å². The number of nitrogens with zero attached hydrogens (tertiary/aromatic N) is 2. The molecule has 27 heavy (non-hydrogen) atoms. The lowest BCUT2D eigenvalue weighted by Crippen LogP contribution is -2.41. The molecule has 0 spiro atoms. The van der Waals surface area contributed by atoms with E-state index in [0.29, 0.717) is 30.6 Å². The first-order valence-electron chi connectivity index (χ1n) is 8.95. The molecule has 1 aromatic rings. The first-order chi connectivity index (χ1) is 12.8. The number of rotatable bonds is 7. The van der Waals surface area contributed by atoms with Crippen molar-refractivity contribution in [2.24, 2.45) is 5.92 Å². The van der Waals surface area contributed by atoms with Crippen LogP contribution in [-0.4, -0.2) is 55.0 Å². The topological polar surface area (TPSA) is 108 Å². The van der Waals surface area contributed by atoms with E-state index in [4.69, 9.17) is 0 Å². The summed E-state index contributed by atoms with van der Waals surface area (Å²) >= 11 is 1.14. The maximum atomic E-state index is 12.6. The SMILES string of the molecule is CC(C)CNC(=O)NC(=O)CSc1ccc(S(=O)(=O)N2CCCCC2)cn1. The van der Waals surface area contributed by atoms with E-state index in [-0.39, 0.29) is 10.6 Å². The highest BCUT2D eigenvalue weighted by Crippen LogP contribution is 2.22. The lowest BCUT2D eigenvalue weighted by molar-refractivity contribution is -0.117. The molecule has 0 radical (unpaired) electrons. The second kappa shape index (κ2) is 10.0. The minimum absolute atomic E-state index is 0.0142. The Kier molecular flexibility index (Phi) is 8.06. The minimum Gasteiger partial charge on any atom is -0.338 e. The average Bonchev–Trinajstić information content (AvgIpc) is 2.66. The zero-order valence-electron chi connectivity index (χ0n) is 15.6. The quantitative estimate of drug-likeness (QED) is 0.659. The predicted molar refractivity (Wildman–Crippen MR) is 104 cm³/mol. The van der Waals surface area contributed by atoms with Gasteiger partial charge in [0, 0.05) is 25.8 Å². The zero-order chi connectivity index (χ0) is 19.9. The molecule has 0 saturated carbocycles. The van der Waals surface area contributed by atoms with Gasteiger partial charge in [0.15, 0.2) is 0 Å². The van der Waals surface area contributed by atoms with E-state index in [1.54, 1.807) is 6.07 Å². The maximum Gasteiger partial charge on any atom is 0.321 e. The van der Waals surface area contributed by atoms with Crippen LogP contribution in [0.3, 0.4) is 0 Å². The van der Waals surface area contributed by atoms with Gasteiger partial charge in [-0.15, -0.1) is 0 Å². The van der Waals surface area contributed by atoms with Crippen molar-refractivity contribution in [3.05, 3.63) is 18.3 Å². The molecule has 0 aliphatic carbocycles. The van der Waals surface area contributed by atoms with Gasteiger partial charge in [-0.3, -0.25) is 10.1 Å². The highest BCUT2D eigenvalue weighted by Gasteiger charge is 2.26. The van der Waals surface area contributed by atoms with E-state index in [1.165, 1.54) is 16.6 Å². The number of hydrogen-bond acceptors (Lipinski definition) is 6. The number of imide groups is 1. The third-order valence-electron chi connectivity index (χ3n) is 3.94. The summed E-state index contributed by atoms with van der Waals surface area (Å²) in [4.78, 5) is 27.6. The van der Waals surface area contributed by atoms with Crippen LogP contribution in [0, 0.1) is 5.92 Å². The van der Waals surface area contributed by atoms with Crippen molar-refractivity contribution in [3.63, 3.8) is 0 Å². The zero-order valence-corrected chi connectivity index (χ0v) is 17.2. The van der Waals surface area contributed by atoms with Crippen LogP contribution in [0.25, 0.3) is 0 Å². The Labute approximate surface area is 164 Å². The lowest BCUT2D eigenvalue weighted by atomic mass is 10.2. The van der Waals surface area contributed by atoms with Crippen molar-refractivity contribution in [1.29, 1.82) is 0 Å². The molecule has 1 aliphatic rings. The van der Waals surface area contributed by atoms with Crippen LogP contribution in [0.1, 0.15) is 33.1 Å². The highest BCUT2D eigenvalue weighted by atomic mass is 32.2. The summed E-state index contributed by atoms with van der Waals surface area (Å²) in [7, 11) is -3.51. The summed E-state index contributed by atoms with van der Waals surface area (Å²) in [6, 6.07) is 2.56. The van der Waals surface area contributed by atoms with E-state index in [0.717, 1.165) is 31.0 Å². The Morgan fingerprint density at radius 3 is 2.52 bits per heavy atom.